The lowest BCUT2D eigenvalue weighted by atomic mass is 9.99. The SMILES string of the molecule is COCCOCO[C@@H](C)/C=C(/Br)[C@@H](NS(=O)(=O)c1c(C)cc(C)cc1C)c1ccc(O[Si](C)(C)C(C)(C)C(C)C)cc1. The molecule has 236 valence electrons. The summed E-state index contributed by atoms with van der Waals surface area (Å²) in [6.45, 7) is 22.0. The Balaban J connectivity index is 2.43. The minimum Gasteiger partial charge on any atom is -0.543 e. The number of ether oxygens (including phenoxy) is 3. The van der Waals surface area contributed by atoms with Gasteiger partial charge in [0.05, 0.1) is 30.3 Å². The fourth-order valence-corrected chi connectivity index (χ4v) is 9.60. The van der Waals surface area contributed by atoms with E-state index >= 15 is 0 Å². The molecule has 0 fully saturated rings. The number of hydrogen-bond donors (Lipinski definition) is 1. The summed E-state index contributed by atoms with van der Waals surface area (Å²) in [4.78, 5) is 0.290. The molecule has 0 aliphatic carbocycles. The summed E-state index contributed by atoms with van der Waals surface area (Å²) >= 11 is 3.67. The molecule has 42 heavy (non-hydrogen) atoms. The lowest BCUT2D eigenvalue weighted by Crippen LogP contribution is -2.47. The van der Waals surface area contributed by atoms with Crippen LogP contribution in [-0.4, -0.2) is 50.0 Å². The van der Waals surface area contributed by atoms with Crippen molar-refractivity contribution in [3.8, 4) is 5.75 Å². The number of halogens is 1. The second-order valence-electron chi connectivity index (χ2n) is 12.3. The van der Waals surface area contributed by atoms with Crippen molar-refractivity contribution in [3.05, 3.63) is 69.2 Å². The van der Waals surface area contributed by atoms with Crippen molar-refractivity contribution in [1.82, 2.24) is 4.72 Å². The molecule has 7 nitrogen and oxygen atoms in total. The highest BCUT2D eigenvalue weighted by molar-refractivity contribution is 9.11. The van der Waals surface area contributed by atoms with Crippen LogP contribution in [0.3, 0.4) is 0 Å². The average molecular weight is 685 g/mol. The molecule has 0 heterocycles. The van der Waals surface area contributed by atoms with Crippen LogP contribution in [-0.2, 0) is 24.2 Å². The minimum atomic E-state index is -3.89. The van der Waals surface area contributed by atoms with Crippen LogP contribution in [0, 0.1) is 26.7 Å². The fraction of sp³-hybridized carbons (Fsp3) is 0.562. The van der Waals surface area contributed by atoms with Gasteiger partial charge in [-0.3, -0.25) is 0 Å². The summed E-state index contributed by atoms with van der Waals surface area (Å²) in [5.41, 5.74) is 3.19. The second kappa shape index (κ2) is 15.5. The predicted octanol–water partition coefficient (Wildman–Crippen LogP) is 7.96. The Morgan fingerprint density at radius 1 is 1.02 bits per heavy atom. The summed E-state index contributed by atoms with van der Waals surface area (Å²) in [5.74, 6) is 1.25. The maximum Gasteiger partial charge on any atom is 0.251 e. The molecular formula is C32H50BrNO6SSi. The van der Waals surface area contributed by atoms with Gasteiger partial charge in [0.15, 0.2) is 0 Å². The number of methoxy groups -OCH3 is 1. The van der Waals surface area contributed by atoms with E-state index in [1.165, 1.54) is 0 Å². The second-order valence-corrected chi connectivity index (χ2v) is 19.4. The summed E-state index contributed by atoms with van der Waals surface area (Å²) in [5, 5.41) is 0.0583. The quantitative estimate of drug-likeness (QED) is 0.110. The van der Waals surface area contributed by atoms with Gasteiger partial charge in [0.25, 0.3) is 8.32 Å². The highest BCUT2D eigenvalue weighted by atomic mass is 79.9. The van der Waals surface area contributed by atoms with Crippen LogP contribution >= 0.6 is 15.9 Å². The number of sulfonamides is 1. The van der Waals surface area contributed by atoms with E-state index in [0.717, 1.165) is 16.9 Å². The average Bonchev–Trinajstić information content (AvgIpc) is 2.86. The van der Waals surface area contributed by atoms with Crippen LogP contribution in [0.1, 0.15) is 62.9 Å². The van der Waals surface area contributed by atoms with E-state index in [9.17, 15) is 8.42 Å². The minimum absolute atomic E-state index is 0.0583. The van der Waals surface area contributed by atoms with E-state index in [2.05, 4.69) is 61.4 Å². The Morgan fingerprint density at radius 2 is 1.60 bits per heavy atom. The molecule has 0 radical (unpaired) electrons. The highest BCUT2D eigenvalue weighted by Crippen LogP contribution is 2.45. The summed E-state index contributed by atoms with van der Waals surface area (Å²) in [7, 11) is -4.39. The highest BCUT2D eigenvalue weighted by Gasteiger charge is 2.44. The van der Waals surface area contributed by atoms with Gasteiger partial charge in [0.1, 0.15) is 12.5 Å². The number of benzene rings is 2. The van der Waals surface area contributed by atoms with Crippen molar-refractivity contribution in [1.29, 1.82) is 0 Å². The Hall–Kier alpha value is -1.53. The Kier molecular flexibility index (Phi) is 13.5. The first-order valence-electron chi connectivity index (χ1n) is 14.4. The van der Waals surface area contributed by atoms with Crippen molar-refractivity contribution in [2.24, 2.45) is 5.92 Å². The molecule has 2 aromatic rings. The number of aryl methyl sites for hydroxylation is 3. The zero-order valence-electron chi connectivity index (χ0n) is 27.1. The smallest absolute Gasteiger partial charge is 0.251 e. The summed E-state index contributed by atoms with van der Waals surface area (Å²) in [6, 6.07) is 10.8. The zero-order valence-corrected chi connectivity index (χ0v) is 30.5. The molecule has 10 heteroatoms. The Morgan fingerprint density at radius 3 is 2.12 bits per heavy atom. The van der Waals surface area contributed by atoms with Crippen molar-refractivity contribution in [2.75, 3.05) is 27.1 Å². The molecule has 2 aromatic carbocycles. The molecule has 0 aromatic heterocycles. The van der Waals surface area contributed by atoms with Gasteiger partial charge in [-0.25, -0.2) is 8.42 Å². The zero-order chi connectivity index (χ0) is 31.9. The Bertz CT molecular complexity index is 1290. The first-order chi connectivity index (χ1) is 19.4. The van der Waals surface area contributed by atoms with Crippen molar-refractivity contribution in [2.45, 2.75) is 90.6 Å². The van der Waals surface area contributed by atoms with Crippen molar-refractivity contribution < 1.29 is 27.1 Å². The molecule has 2 atom stereocenters. The topological polar surface area (TPSA) is 83.1 Å². The third-order valence-electron chi connectivity index (χ3n) is 8.24. The lowest BCUT2D eigenvalue weighted by Gasteiger charge is -2.42. The molecule has 0 unspecified atom stereocenters. The summed E-state index contributed by atoms with van der Waals surface area (Å²) in [6.07, 6.45) is 1.50. The first kappa shape index (κ1) is 36.7. The van der Waals surface area contributed by atoms with Crippen molar-refractivity contribution >= 4 is 34.3 Å². The third-order valence-corrected chi connectivity index (χ3v) is 15.1. The molecule has 0 amide bonds. The van der Waals surface area contributed by atoms with Gasteiger partial charge in [-0.15, -0.1) is 0 Å². The molecular weight excluding hydrogens is 634 g/mol. The first-order valence-corrected chi connectivity index (χ1v) is 19.6. The molecule has 2 rings (SSSR count). The van der Waals surface area contributed by atoms with E-state index in [0.29, 0.717) is 34.7 Å². The van der Waals surface area contributed by atoms with Crippen LogP contribution in [0.25, 0.3) is 0 Å². The Labute approximate surface area is 263 Å². The number of hydrogen-bond acceptors (Lipinski definition) is 6. The van der Waals surface area contributed by atoms with Crippen LogP contribution in [0.5, 0.6) is 5.75 Å². The van der Waals surface area contributed by atoms with E-state index in [1.807, 2.05) is 70.2 Å². The molecule has 0 saturated heterocycles. The van der Waals surface area contributed by atoms with E-state index in [1.54, 1.807) is 7.11 Å². The monoisotopic (exact) mass is 683 g/mol. The standard InChI is InChI=1S/C32H50BrNO6SSi/c1-22(2)32(7,8)42(10,11)40-28-14-12-27(13-15-28)30(29(33)20-26(6)39-21-38-17-16-37-9)34-41(35,36)31-24(4)18-23(3)19-25(31)5/h12-15,18-20,22,26,30,34H,16-17,21H2,1-11H3/b29-20+/t26-,30-/m0/s1. The third kappa shape index (κ3) is 9.74. The molecule has 0 saturated carbocycles. The van der Waals surface area contributed by atoms with Crippen LogP contribution in [0.4, 0.5) is 0 Å². The van der Waals surface area contributed by atoms with E-state index in [4.69, 9.17) is 18.6 Å². The van der Waals surface area contributed by atoms with Gasteiger partial charge in [0.2, 0.25) is 10.0 Å². The predicted molar refractivity (Wildman–Crippen MR) is 177 cm³/mol. The van der Waals surface area contributed by atoms with Crippen LogP contribution in [0.2, 0.25) is 18.1 Å². The molecule has 0 aliphatic heterocycles. The van der Waals surface area contributed by atoms with Gasteiger partial charge in [-0.05, 0) is 86.6 Å². The number of nitrogens with one attached hydrogen (secondary N) is 1. The maximum atomic E-state index is 13.8. The van der Waals surface area contributed by atoms with Gasteiger partial charge in [-0.2, -0.15) is 4.72 Å². The molecule has 0 aliphatic rings. The number of rotatable bonds is 16. The van der Waals surface area contributed by atoms with Gasteiger partial charge in [0, 0.05) is 11.6 Å². The molecule has 0 spiro atoms. The molecule has 1 N–H and O–H groups in total. The normalized spacial score (nSPS) is 14.7. The van der Waals surface area contributed by atoms with Crippen LogP contribution < -0.4 is 9.15 Å². The summed E-state index contributed by atoms with van der Waals surface area (Å²) < 4.78 is 54.0. The van der Waals surface area contributed by atoms with Gasteiger partial charge < -0.3 is 18.6 Å². The van der Waals surface area contributed by atoms with E-state index in [-0.39, 0.29) is 22.8 Å². The lowest BCUT2D eigenvalue weighted by molar-refractivity contribution is -0.0804. The maximum absolute atomic E-state index is 13.8. The largest absolute Gasteiger partial charge is 0.543 e. The van der Waals surface area contributed by atoms with Crippen LogP contribution in [0.15, 0.2) is 51.9 Å². The van der Waals surface area contributed by atoms with E-state index < -0.39 is 24.4 Å². The van der Waals surface area contributed by atoms with Crippen molar-refractivity contribution in [3.63, 3.8) is 0 Å². The fourth-order valence-electron chi connectivity index (χ4n) is 4.66. The van der Waals surface area contributed by atoms with Gasteiger partial charge >= 0.3 is 0 Å². The van der Waals surface area contributed by atoms with Gasteiger partial charge in [-0.1, -0.05) is 73.5 Å². The molecule has 0 bridgehead atoms.